The predicted molar refractivity (Wildman–Crippen MR) is 102 cm³/mol. The number of hydrogen-bond donors (Lipinski definition) is 1. The largest absolute Gasteiger partial charge is 0.496 e. The fourth-order valence-electron chi connectivity index (χ4n) is 2.65. The Hall–Kier alpha value is -3.09. The summed E-state index contributed by atoms with van der Waals surface area (Å²) in [5.74, 6) is -0.528. The van der Waals surface area contributed by atoms with Gasteiger partial charge in [0.1, 0.15) is 17.3 Å². The molecule has 7 heteroatoms. The third-order valence-corrected chi connectivity index (χ3v) is 4.37. The molecule has 28 heavy (non-hydrogen) atoms. The molecule has 6 nitrogen and oxygen atoms in total. The second kappa shape index (κ2) is 9.21. The molecule has 2 atom stereocenters. The SMILES string of the molecule is COc1cc(C(=O)OC(C)C(=O)NC(C)c2ccc(F)cc2)cc(OC)c1C. The number of amides is 1. The van der Waals surface area contributed by atoms with Crippen LogP contribution in [-0.2, 0) is 9.53 Å². The number of esters is 1. The van der Waals surface area contributed by atoms with Crippen molar-refractivity contribution < 1.29 is 28.2 Å². The van der Waals surface area contributed by atoms with Crippen molar-refractivity contribution in [2.75, 3.05) is 14.2 Å². The summed E-state index contributed by atoms with van der Waals surface area (Å²) in [5, 5.41) is 2.74. The lowest BCUT2D eigenvalue weighted by molar-refractivity contribution is -0.129. The van der Waals surface area contributed by atoms with Crippen LogP contribution in [0.1, 0.15) is 41.4 Å². The number of benzene rings is 2. The average Bonchev–Trinajstić information content (AvgIpc) is 2.68. The van der Waals surface area contributed by atoms with Crippen LogP contribution in [0.4, 0.5) is 4.39 Å². The van der Waals surface area contributed by atoms with E-state index in [1.54, 1.807) is 26.0 Å². The van der Waals surface area contributed by atoms with Crippen molar-refractivity contribution in [3.63, 3.8) is 0 Å². The fourth-order valence-corrected chi connectivity index (χ4v) is 2.65. The first-order chi connectivity index (χ1) is 13.3. The van der Waals surface area contributed by atoms with Gasteiger partial charge < -0.3 is 19.5 Å². The molecule has 0 radical (unpaired) electrons. The quantitative estimate of drug-likeness (QED) is 0.733. The second-order valence-electron chi connectivity index (χ2n) is 6.34. The van der Waals surface area contributed by atoms with E-state index in [4.69, 9.17) is 14.2 Å². The maximum atomic E-state index is 13.0. The average molecular weight is 389 g/mol. The normalized spacial score (nSPS) is 12.6. The first-order valence-corrected chi connectivity index (χ1v) is 8.76. The summed E-state index contributed by atoms with van der Waals surface area (Å²) in [4.78, 5) is 24.8. The maximum Gasteiger partial charge on any atom is 0.339 e. The fraction of sp³-hybridized carbons (Fsp3) is 0.333. The molecule has 150 valence electrons. The zero-order valence-electron chi connectivity index (χ0n) is 16.5. The molecule has 2 unspecified atom stereocenters. The third-order valence-electron chi connectivity index (χ3n) is 4.37. The van der Waals surface area contributed by atoms with Crippen molar-refractivity contribution in [1.29, 1.82) is 0 Å². The molecular formula is C21H24FNO5. The van der Waals surface area contributed by atoms with Gasteiger partial charge in [-0.2, -0.15) is 0 Å². The summed E-state index contributed by atoms with van der Waals surface area (Å²) in [6.45, 7) is 5.04. The van der Waals surface area contributed by atoms with E-state index in [0.717, 1.165) is 11.1 Å². The van der Waals surface area contributed by atoms with E-state index in [1.807, 2.05) is 0 Å². The second-order valence-corrected chi connectivity index (χ2v) is 6.34. The standard InChI is InChI=1S/C21H24FNO5/c1-12-18(26-4)10-16(11-19(12)27-5)21(25)28-14(3)20(24)23-13(2)15-6-8-17(22)9-7-15/h6-11,13-14H,1-5H3,(H,23,24). The van der Waals surface area contributed by atoms with E-state index in [0.29, 0.717) is 11.5 Å². The van der Waals surface area contributed by atoms with E-state index in [-0.39, 0.29) is 17.4 Å². The molecule has 0 bridgehead atoms. The lowest BCUT2D eigenvalue weighted by Gasteiger charge is -2.19. The van der Waals surface area contributed by atoms with Gasteiger partial charge in [-0.05, 0) is 50.6 Å². The number of carbonyl (C=O) groups is 2. The van der Waals surface area contributed by atoms with Crippen LogP contribution in [0.2, 0.25) is 0 Å². The van der Waals surface area contributed by atoms with E-state index in [9.17, 15) is 14.0 Å². The lowest BCUT2D eigenvalue weighted by Crippen LogP contribution is -2.37. The molecule has 0 aliphatic rings. The van der Waals surface area contributed by atoms with Crippen molar-refractivity contribution >= 4 is 11.9 Å². The maximum absolute atomic E-state index is 13.0. The van der Waals surface area contributed by atoms with Crippen molar-refractivity contribution in [3.8, 4) is 11.5 Å². The third kappa shape index (κ3) is 5.00. The van der Waals surface area contributed by atoms with Gasteiger partial charge in [-0.25, -0.2) is 9.18 Å². The van der Waals surface area contributed by atoms with Crippen LogP contribution in [0.5, 0.6) is 11.5 Å². The lowest BCUT2D eigenvalue weighted by atomic mass is 10.1. The molecule has 1 N–H and O–H groups in total. The number of rotatable bonds is 7. The van der Waals surface area contributed by atoms with Gasteiger partial charge in [-0.3, -0.25) is 4.79 Å². The zero-order chi connectivity index (χ0) is 20.8. The van der Waals surface area contributed by atoms with Gasteiger partial charge in [0.2, 0.25) is 0 Å². The molecule has 1 amide bonds. The molecule has 0 saturated carbocycles. The molecule has 0 aromatic heterocycles. The Bertz CT molecular complexity index is 825. The minimum Gasteiger partial charge on any atom is -0.496 e. The van der Waals surface area contributed by atoms with Crippen LogP contribution in [0, 0.1) is 12.7 Å². The summed E-state index contributed by atoms with van der Waals surface area (Å²) in [5.41, 5.74) is 1.70. The highest BCUT2D eigenvalue weighted by atomic mass is 19.1. The molecule has 0 fully saturated rings. The predicted octanol–water partition coefficient (Wildman–Crippen LogP) is 3.57. The number of ether oxygens (including phenoxy) is 3. The summed E-state index contributed by atoms with van der Waals surface area (Å²) >= 11 is 0. The molecule has 2 aromatic rings. The van der Waals surface area contributed by atoms with Gasteiger partial charge in [-0.15, -0.1) is 0 Å². The number of halogens is 1. The van der Waals surface area contributed by atoms with Crippen molar-refractivity contribution in [3.05, 3.63) is 58.9 Å². The van der Waals surface area contributed by atoms with Gasteiger partial charge in [-0.1, -0.05) is 12.1 Å². The van der Waals surface area contributed by atoms with Crippen LogP contribution in [0.15, 0.2) is 36.4 Å². The van der Waals surface area contributed by atoms with Gasteiger partial charge in [0.15, 0.2) is 6.10 Å². The van der Waals surface area contributed by atoms with Crippen LogP contribution in [0.3, 0.4) is 0 Å². The Morgan fingerprint density at radius 2 is 1.54 bits per heavy atom. The van der Waals surface area contributed by atoms with E-state index < -0.39 is 18.0 Å². The summed E-state index contributed by atoms with van der Waals surface area (Å²) < 4.78 is 28.8. The zero-order valence-corrected chi connectivity index (χ0v) is 16.5. The van der Waals surface area contributed by atoms with E-state index >= 15 is 0 Å². The Labute approximate surface area is 163 Å². The van der Waals surface area contributed by atoms with Crippen molar-refractivity contribution in [2.45, 2.75) is 32.9 Å². The Balaban J connectivity index is 2.05. The summed E-state index contributed by atoms with van der Waals surface area (Å²) in [7, 11) is 2.98. The monoisotopic (exact) mass is 389 g/mol. The molecule has 0 aliphatic carbocycles. The molecule has 0 heterocycles. The Morgan fingerprint density at radius 1 is 1.00 bits per heavy atom. The topological polar surface area (TPSA) is 73.9 Å². The van der Waals surface area contributed by atoms with Crippen molar-refractivity contribution in [2.24, 2.45) is 0 Å². The molecule has 0 aliphatic heterocycles. The van der Waals surface area contributed by atoms with Gasteiger partial charge in [0.05, 0.1) is 25.8 Å². The van der Waals surface area contributed by atoms with E-state index in [2.05, 4.69) is 5.32 Å². The molecular weight excluding hydrogens is 365 g/mol. The highest BCUT2D eigenvalue weighted by Gasteiger charge is 2.22. The smallest absolute Gasteiger partial charge is 0.339 e. The Kier molecular flexibility index (Phi) is 6.98. The molecule has 2 aromatic carbocycles. The van der Waals surface area contributed by atoms with Gasteiger partial charge in [0.25, 0.3) is 5.91 Å². The molecule has 0 saturated heterocycles. The highest BCUT2D eigenvalue weighted by molar-refractivity contribution is 5.93. The Morgan fingerprint density at radius 3 is 2.04 bits per heavy atom. The van der Waals surface area contributed by atoms with E-state index in [1.165, 1.54) is 45.4 Å². The first kappa shape index (κ1) is 21.2. The van der Waals surface area contributed by atoms with Crippen LogP contribution in [-0.4, -0.2) is 32.2 Å². The number of nitrogens with one attached hydrogen (secondary N) is 1. The minimum absolute atomic E-state index is 0.213. The number of methoxy groups -OCH3 is 2. The van der Waals surface area contributed by atoms with Crippen LogP contribution < -0.4 is 14.8 Å². The van der Waals surface area contributed by atoms with Gasteiger partial charge in [0, 0.05) is 5.56 Å². The molecule has 2 rings (SSSR count). The van der Waals surface area contributed by atoms with Gasteiger partial charge >= 0.3 is 5.97 Å². The number of carbonyl (C=O) groups excluding carboxylic acids is 2. The first-order valence-electron chi connectivity index (χ1n) is 8.76. The highest BCUT2D eigenvalue weighted by Crippen LogP contribution is 2.29. The number of hydrogen-bond acceptors (Lipinski definition) is 5. The van der Waals surface area contributed by atoms with Crippen LogP contribution in [0.25, 0.3) is 0 Å². The minimum atomic E-state index is -1.02. The van der Waals surface area contributed by atoms with Crippen LogP contribution >= 0.6 is 0 Å². The summed E-state index contributed by atoms with van der Waals surface area (Å²) in [6, 6.07) is 8.51. The molecule has 0 spiro atoms. The summed E-state index contributed by atoms with van der Waals surface area (Å²) in [6.07, 6.45) is -1.02. The van der Waals surface area contributed by atoms with Crippen molar-refractivity contribution in [1.82, 2.24) is 5.32 Å².